The van der Waals surface area contributed by atoms with Gasteiger partial charge in [-0.15, -0.1) is 0 Å². The van der Waals surface area contributed by atoms with E-state index in [1.807, 2.05) is 48.5 Å². The van der Waals surface area contributed by atoms with Crippen molar-refractivity contribution in [2.24, 2.45) is 11.7 Å². The van der Waals surface area contributed by atoms with Crippen molar-refractivity contribution >= 4 is 23.6 Å². The van der Waals surface area contributed by atoms with E-state index in [1.54, 1.807) is 16.8 Å². The fourth-order valence-corrected chi connectivity index (χ4v) is 4.07. The van der Waals surface area contributed by atoms with Gasteiger partial charge >= 0.3 is 5.97 Å². The van der Waals surface area contributed by atoms with Crippen LogP contribution in [0.3, 0.4) is 0 Å². The lowest BCUT2D eigenvalue weighted by Crippen LogP contribution is -2.42. The van der Waals surface area contributed by atoms with E-state index < -0.39 is 11.9 Å². The van der Waals surface area contributed by atoms with Crippen molar-refractivity contribution in [3.05, 3.63) is 54.1 Å². The molecule has 2 amide bonds. The van der Waals surface area contributed by atoms with Gasteiger partial charge in [0.15, 0.2) is 0 Å². The summed E-state index contributed by atoms with van der Waals surface area (Å²) in [5, 5.41) is 7.50. The quantitative estimate of drug-likeness (QED) is 0.305. The number of methoxy groups -OCH3 is 1. The highest BCUT2D eigenvalue weighted by molar-refractivity contribution is 5.95. The summed E-state index contributed by atoms with van der Waals surface area (Å²) in [6.45, 7) is 2.53. The van der Waals surface area contributed by atoms with Gasteiger partial charge in [0.05, 0.1) is 25.5 Å². The minimum absolute atomic E-state index is 0.0292. The van der Waals surface area contributed by atoms with Crippen LogP contribution in [0.1, 0.15) is 25.3 Å². The third-order valence-corrected chi connectivity index (χ3v) is 6.31. The van der Waals surface area contributed by atoms with E-state index in [1.165, 1.54) is 14.0 Å². The summed E-state index contributed by atoms with van der Waals surface area (Å²) in [4.78, 5) is 39.6. The second kappa shape index (κ2) is 11.5. The Morgan fingerprint density at radius 1 is 1.11 bits per heavy atom. The Bertz CT molecular complexity index is 1070. The van der Waals surface area contributed by atoms with Crippen molar-refractivity contribution < 1.29 is 23.9 Å². The Morgan fingerprint density at radius 3 is 2.26 bits per heavy atom. The third kappa shape index (κ3) is 6.59. The van der Waals surface area contributed by atoms with Crippen molar-refractivity contribution in [2.45, 2.75) is 25.8 Å². The number of nitrogens with zero attached hydrogens (tertiary/aromatic N) is 2. The number of nitrogen functional groups attached to an aromatic ring is 1. The van der Waals surface area contributed by atoms with E-state index in [0.29, 0.717) is 30.8 Å². The highest BCUT2D eigenvalue weighted by Crippen LogP contribution is 2.29. The Labute approximate surface area is 205 Å². The Kier molecular flexibility index (Phi) is 8.46. The Morgan fingerprint density at radius 2 is 1.71 bits per heavy atom. The van der Waals surface area contributed by atoms with Gasteiger partial charge in [-0.3, -0.25) is 19.8 Å². The number of ether oxygens (including phenoxy) is 2. The molecule has 0 saturated carbocycles. The fraction of sp³-hybridized carbons (Fsp3) is 0.385. The van der Waals surface area contributed by atoms with Gasteiger partial charge in [-0.05, 0) is 29.7 Å². The van der Waals surface area contributed by atoms with E-state index >= 15 is 0 Å². The summed E-state index contributed by atoms with van der Waals surface area (Å²) < 4.78 is 10.8. The lowest BCUT2D eigenvalue weighted by molar-refractivity contribution is -0.145. The number of hydrogen-bond acceptors (Lipinski definition) is 6. The monoisotopic (exact) mass is 480 g/mol. The number of benzene rings is 2. The number of amides is 2. The molecule has 0 spiro atoms. The molecule has 0 unspecified atom stereocenters. The minimum Gasteiger partial charge on any atom is -0.491 e. The normalized spacial score (nSPS) is 17.2. The molecule has 0 aliphatic carbocycles. The van der Waals surface area contributed by atoms with Gasteiger partial charge in [0.25, 0.3) is 0 Å². The maximum Gasteiger partial charge on any atom is 0.306 e. The van der Waals surface area contributed by atoms with Gasteiger partial charge in [-0.2, -0.15) is 0 Å². The van der Waals surface area contributed by atoms with Crippen LogP contribution < -0.4 is 10.5 Å². The summed E-state index contributed by atoms with van der Waals surface area (Å²) in [7, 11) is 3.00. The lowest BCUT2D eigenvalue weighted by atomic mass is 10.0. The molecule has 1 heterocycles. The fourth-order valence-electron chi connectivity index (χ4n) is 4.07. The van der Waals surface area contributed by atoms with Gasteiger partial charge < -0.3 is 25.0 Å². The molecule has 1 aliphatic heterocycles. The van der Waals surface area contributed by atoms with E-state index in [9.17, 15) is 14.4 Å². The molecule has 0 aromatic heterocycles. The molecular weight excluding hydrogens is 448 g/mol. The standard InChI is InChI=1S/C26H32N4O5/c1-17(31)29(2)12-13-30-22(14-21(26(30)33)15-24(32)34-3)16-35-23-10-8-19(9-11-23)18-4-6-20(7-5-18)25(27)28/h4-11,21-22H,12-16H2,1-3H3,(H3,27,28)/t21-,22-/m0/s1. The zero-order chi connectivity index (χ0) is 25.5. The molecule has 1 aliphatic rings. The van der Waals surface area contributed by atoms with Crippen LogP contribution in [-0.4, -0.2) is 73.3 Å². The first-order valence-corrected chi connectivity index (χ1v) is 11.5. The molecule has 35 heavy (non-hydrogen) atoms. The molecule has 0 radical (unpaired) electrons. The van der Waals surface area contributed by atoms with Crippen LogP contribution in [0, 0.1) is 11.3 Å². The van der Waals surface area contributed by atoms with E-state index in [2.05, 4.69) is 0 Å². The number of carbonyl (C=O) groups excluding carboxylic acids is 3. The van der Waals surface area contributed by atoms with Crippen LogP contribution in [0.25, 0.3) is 11.1 Å². The summed E-state index contributed by atoms with van der Waals surface area (Å²) in [6.07, 6.45) is 0.514. The first kappa shape index (κ1) is 25.7. The predicted octanol–water partition coefficient (Wildman–Crippen LogP) is 2.27. The molecule has 9 nitrogen and oxygen atoms in total. The number of rotatable bonds is 10. The Hall–Kier alpha value is -3.88. The first-order valence-electron chi connectivity index (χ1n) is 11.5. The molecule has 2 aromatic carbocycles. The second-order valence-corrected chi connectivity index (χ2v) is 8.67. The molecule has 0 bridgehead atoms. The van der Waals surface area contributed by atoms with Gasteiger partial charge in [-0.25, -0.2) is 0 Å². The van der Waals surface area contributed by atoms with Crippen molar-refractivity contribution in [2.75, 3.05) is 33.9 Å². The van der Waals surface area contributed by atoms with Crippen molar-refractivity contribution in [1.82, 2.24) is 9.80 Å². The minimum atomic E-state index is -0.459. The summed E-state index contributed by atoms with van der Waals surface area (Å²) in [5.41, 5.74) is 8.18. The third-order valence-electron chi connectivity index (χ3n) is 6.31. The first-order chi connectivity index (χ1) is 16.7. The molecule has 3 N–H and O–H groups in total. The average Bonchev–Trinajstić information content (AvgIpc) is 3.15. The topological polar surface area (TPSA) is 126 Å². The number of nitrogens with one attached hydrogen (secondary N) is 1. The number of likely N-dealkylation sites (N-methyl/N-ethyl adjacent to an activating group) is 1. The van der Waals surface area contributed by atoms with E-state index in [-0.39, 0.29) is 36.7 Å². The van der Waals surface area contributed by atoms with E-state index in [4.69, 9.17) is 20.6 Å². The van der Waals surface area contributed by atoms with Crippen LogP contribution in [0.2, 0.25) is 0 Å². The van der Waals surface area contributed by atoms with Gasteiger partial charge in [-0.1, -0.05) is 36.4 Å². The molecule has 2 atom stereocenters. The second-order valence-electron chi connectivity index (χ2n) is 8.67. The molecule has 9 heteroatoms. The maximum atomic E-state index is 13.0. The lowest BCUT2D eigenvalue weighted by Gasteiger charge is -2.27. The average molecular weight is 481 g/mol. The zero-order valence-electron chi connectivity index (χ0n) is 20.3. The largest absolute Gasteiger partial charge is 0.491 e. The molecule has 1 fully saturated rings. The highest BCUT2D eigenvalue weighted by Gasteiger charge is 2.40. The number of esters is 1. The molecule has 2 aromatic rings. The highest BCUT2D eigenvalue weighted by atomic mass is 16.5. The number of hydrogen-bond donors (Lipinski definition) is 2. The van der Waals surface area contributed by atoms with Crippen LogP contribution in [0.15, 0.2) is 48.5 Å². The molecular formula is C26H32N4O5. The summed E-state index contributed by atoms with van der Waals surface area (Å²) in [5.74, 6) is -0.381. The zero-order valence-corrected chi connectivity index (χ0v) is 20.3. The summed E-state index contributed by atoms with van der Waals surface area (Å²) in [6, 6.07) is 14.8. The SMILES string of the molecule is COC(=O)C[C@@H]1C[C@@H](COc2ccc(-c3ccc(C(=N)N)cc3)cc2)N(CCN(C)C(C)=O)C1=O. The van der Waals surface area contributed by atoms with Crippen LogP contribution in [0.5, 0.6) is 5.75 Å². The van der Waals surface area contributed by atoms with Crippen molar-refractivity contribution in [3.8, 4) is 16.9 Å². The maximum absolute atomic E-state index is 13.0. The van der Waals surface area contributed by atoms with Gasteiger partial charge in [0, 0.05) is 32.6 Å². The van der Waals surface area contributed by atoms with Crippen LogP contribution in [-0.2, 0) is 19.1 Å². The molecule has 1 saturated heterocycles. The number of likely N-dealkylation sites (tertiary alicyclic amines) is 1. The predicted molar refractivity (Wildman–Crippen MR) is 132 cm³/mol. The van der Waals surface area contributed by atoms with Crippen molar-refractivity contribution in [3.63, 3.8) is 0 Å². The number of nitrogens with two attached hydrogens (primary N) is 1. The van der Waals surface area contributed by atoms with Gasteiger partial charge in [0.2, 0.25) is 11.8 Å². The summed E-state index contributed by atoms with van der Waals surface area (Å²) >= 11 is 0. The number of carbonyl (C=O) groups is 3. The smallest absolute Gasteiger partial charge is 0.306 e. The molecule has 186 valence electrons. The van der Waals surface area contributed by atoms with Crippen LogP contribution >= 0.6 is 0 Å². The molecule has 3 rings (SSSR count). The number of amidine groups is 1. The van der Waals surface area contributed by atoms with Gasteiger partial charge in [0.1, 0.15) is 18.2 Å². The Balaban J connectivity index is 1.65. The van der Waals surface area contributed by atoms with Crippen LogP contribution in [0.4, 0.5) is 0 Å². The van der Waals surface area contributed by atoms with E-state index in [0.717, 1.165) is 11.1 Å². The van der Waals surface area contributed by atoms with Crippen molar-refractivity contribution in [1.29, 1.82) is 5.41 Å².